The van der Waals surface area contributed by atoms with Gasteiger partial charge in [0.25, 0.3) is 5.91 Å². The van der Waals surface area contributed by atoms with Crippen molar-refractivity contribution in [2.75, 3.05) is 18.4 Å². The van der Waals surface area contributed by atoms with Gasteiger partial charge in [-0.25, -0.2) is 0 Å². The smallest absolute Gasteiger partial charge is 0.255 e. The van der Waals surface area contributed by atoms with Crippen molar-refractivity contribution in [1.82, 2.24) is 15.5 Å². The summed E-state index contributed by atoms with van der Waals surface area (Å²) in [5.74, 6) is -0.0269. The van der Waals surface area contributed by atoms with Gasteiger partial charge in [-0.2, -0.15) is 0 Å². The molecule has 1 atom stereocenters. The molecule has 5 rings (SSSR count). The molecule has 0 radical (unpaired) electrons. The molecule has 1 saturated heterocycles. The topological polar surface area (TPSA) is 109 Å². The Morgan fingerprint density at radius 2 is 1.49 bits per heavy atom. The monoisotopic (exact) mass is 688 g/mol. The third kappa shape index (κ3) is 8.48. The van der Waals surface area contributed by atoms with Crippen molar-refractivity contribution >= 4 is 33.7 Å². The van der Waals surface area contributed by atoms with E-state index in [9.17, 15) is 14.4 Å². The van der Waals surface area contributed by atoms with E-state index >= 15 is 0 Å². The molecule has 264 valence electrons. The summed E-state index contributed by atoms with van der Waals surface area (Å²) in [6.45, 7) is 17.3. The van der Waals surface area contributed by atoms with Crippen molar-refractivity contribution in [3.05, 3.63) is 94.5 Å². The van der Waals surface area contributed by atoms with Crippen molar-refractivity contribution < 1.29 is 23.3 Å². The van der Waals surface area contributed by atoms with Gasteiger partial charge in [-0.1, -0.05) is 90.1 Å². The first-order valence-corrected chi connectivity index (χ1v) is 19.2. The fourth-order valence-corrected chi connectivity index (χ4v) is 11.5. The molecule has 0 aliphatic carbocycles. The van der Waals surface area contributed by atoms with E-state index in [2.05, 4.69) is 81.8 Å². The largest absolute Gasteiger partial charge is 0.487 e. The van der Waals surface area contributed by atoms with E-state index in [1.165, 1.54) is 5.56 Å². The molecular weight excluding hydrogens is 637 g/mol. The average molecular weight is 689 g/mol. The van der Waals surface area contributed by atoms with Crippen LogP contribution in [0.2, 0.25) is 0 Å². The molecule has 0 spiro atoms. The molecular formula is C39H52N4O5S. The molecule has 1 fully saturated rings. The second-order valence-electron chi connectivity index (χ2n) is 13.7. The highest BCUT2D eigenvalue weighted by Gasteiger charge is 2.39. The first-order valence-electron chi connectivity index (χ1n) is 17.4. The second-order valence-corrected chi connectivity index (χ2v) is 18.2. The van der Waals surface area contributed by atoms with Crippen LogP contribution in [0.25, 0.3) is 0 Å². The SMILES string of the molecule is CC(C)S(OCc1ccc(COc2ccccc2NCCNCc2ccc3c(c2)CN(C2CCC(=O)NC2=O)C3=O)cc1)(C(C)C)C(C)C. The molecule has 2 aliphatic heterocycles. The lowest BCUT2D eigenvalue weighted by molar-refractivity contribution is -0.136. The van der Waals surface area contributed by atoms with Crippen molar-refractivity contribution in [1.29, 1.82) is 0 Å². The van der Waals surface area contributed by atoms with E-state index in [0.29, 0.717) is 60.6 Å². The molecule has 2 aliphatic rings. The van der Waals surface area contributed by atoms with Gasteiger partial charge in [0.1, 0.15) is 18.4 Å². The Morgan fingerprint density at radius 3 is 2.16 bits per heavy atom. The van der Waals surface area contributed by atoms with E-state index in [1.54, 1.807) is 4.90 Å². The molecule has 3 N–H and O–H groups in total. The summed E-state index contributed by atoms with van der Waals surface area (Å²) in [4.78, 5) is 38.4. The third-order valence-electron chi connectivity index (χ3n) is 9.48. The predicted molar refractivity (Wildman–Crippen MR) is 198 cm³/mol. The van der Waals surface area contributed by atoms with E-state index in [1.807, 2.05) is 42.5 Å². The third-order valence-corrected chi connectivity index (χ3v) is 14.4. The number of carbonyl (C=O) groups excluding carboxylic acids is 3. The lowest BCUT2D eigenvalue weighted by Crippen LogP contribution is -2.52. The summed E-state index contributed by atoms with van der Waals surface area (Å²) in [6, 6.07) is 21.7. The number of para-hydroxylation sites is 2. The van der Waals surface area contributed by atoms with E-state index in [-0.39, 0.29) is 18.2 Å². The molecule has 3 aromatic carbocycles. The molecule has 9 nitrogen and oxygen atoms in total. The van der Waals surface area contributed by atoms with Gasteiger partial charge in [-0.05, 0) is 46.9 Å². The standard InChI is InChI=1S/C39H52N4O5S/c1-26(2)49(27(3)4,28(5)6)48-25-30-13-11-29(12-14-30)24-47-36-10-8-7-9-34(36)41-20-19-40-22-31-15-16-33-32(21-31)23-43(39(33)46)35-17-18-37(44)42-38(35)45/h7-16,21,26-28,35,40-41H,17-20,22-25H2,1-6H3,(H,42,44,45). The normalized spacial score (nSPS) is 16.8. The van der Waals surface area contributed by atoms with Gasteiger partial charge in [-0.3, -0.25) is 19.7 Å². The molecule has 49 heavy (non-hydrogen) atoms. The number of carbonyl (C=O) groups is 3. The second kappa shape index (κ2) is 16.2. The number of rotatable bonds is 16. The first-order chi connectivity index (χ1) is 23.5. The number of hydrogen-bond acceptors (Lipinski definition) is 7. The number of nitrogens with zero attached hydrogens (tertiary/aromatic N) is 1. The van der Waals surface area contributed by atoms with Crippen molar-refractivity contribution in [2.45, 2.75) is 102 Å². The van der Waals surface area contributed by atoms with E-state index in [4.69, 9.17) is 8.92 Å². The fourth-order valence-electron chi connectivity index (χ4n) is 7.10. The molecule has 3 amide bonds. The lowest BCUT2D eigenvalue weighted by atomic mass is 10.0. The minimum atomic E-state index is -1.21. The number of anilines is 1. The summed E-state index contributed by atoms with van der Waals surface area (Å²) in [5, 5.41) is 10.8. The van der Waals surface area contributed by atoms with Crippen molar-refractivity contribution in [2.24, 2.45) is 0 Å². The van der Waals surface area contributed by atoms with Crippen LogP contribution in [0.5, 0.6) is 5.75 Å². The quantitative estimate of drug-likeness (QED) is 0.114. The van der Waals surface area contributed by atoms with E-state index in [0.717, 1.165) is 34.7 Å². The lowest BCUT2D eigenvalue weighted by Gasteiger charge is -2.50. The Balaban J connectivity index is 1.07. The molecule has 3 aromatic rings. The minimum absolute atomic E-state index is 0.155. The minimum Gasteiger partial charge on any atom is -0.487 e. The van der Waals surface area contributed by atoms with Gasteiger partial charge in [0.05, 0.1) is 12.3 Å². The van der Waals surface area contributed by atoms with Gasteiger partial charge in [0, 0.05) is 53.9 Å². The van der Waals surface area contributed by atoms with Crippen LogP contribution in [0.1, 0.15) is 87.0 Å². The summed E-state index contributed by atoms with van der Waals surface area (Å²) in [5.41, 5.74) is 5.82. The zero-order valence-electron chi connectivity index (χ0n) is 29.7. The molecule has 10 heteroatoms. The zero-order valence-corrected chi connectivity index (χ0v) is 30.5. The molecule has 1 unspecified atom stereocenters. The van der Waals surface area contributed by atoms with Gasteiger partial charge in [-0.15, -0.1) is 10.3 Å². The Labute approximate surface area is 293 Å². The number of amides is 3. The van der Waals surface area contributed by atoms with Gasteiger partial charge in [0.15, 0.2) is 0 Å². The van der Waals surface area contributed by atoms with Crippen LogP contribution < -0.4 is 20.7 Å². The van der Waals surface area contributed by atoms with Gasteiger partial charge in [0.2, 0.25) is 11.8 Å². The maximum absolute atomic E-state index is 13.0. The Kier molecular flexibility index (Phi) is 12.1. The number of benzene rings is 3. The zero-order chi connectivity index (χ0) is 35.1. The van der Waals surface area contributed by atoms with Crippen LogP contribution in [-0.2, 0) is 40.1 Å². The van der Waals surface area contributed by atoms with Crippen molar-refractivity contribution in [3.63, 3.8) is 0 Å². The van der Waals surface area contributed by atoms with E-state index < -0.39 is 22.3 Å². The number of nitrogens with one attached hydrogen (secondary N) is 3. The van der Waals surface area contributed by atoms with Crippen molar-refractivity contribution in [3.8, 4) is 5.75 Å². The molecule has 0 saturated carbocycles. The highest BCUT2D eigenvalue weighted by atomic mass is 32.3. The molecule has 2 heterocycles. The average Bonchev–Trinajstić information content (AvgIpc) is 3.39. The Hall–Kier alpha value is -3.86. The number of fused-ring (bicyclic) bond motifs is 1. The summed E-state index contributed by atoms with van der Waals surface area (Å²) in [7, 11) is -1.21. The summed E-state index contributed by atoms with van der Waals surface area (Å²) >= 11 is 0. The number of imide groups is 1. The fraction of sp³-hybridized carbons (Fsp3) is 0.462. The number of piperidine rings is 1. The highest BCUT2D eigenvalue weighted by molar-refractivity contribution is 8.31. The van der Waals surface area contributed by atoms with Crippen LogP contribution in [0, 0.1) is 0 Å². The number of hydrogen-bond donors (Lipinski definition) is 3. The Morgan fingerprint density at radius 1 is 0.837 bits per heavy atom. The predicted octanol–water partition coefficient (Wildman–Crippen LogP) is 6.69. The van der Waals surface area contributed by atoms with Gasteiger partial charge < -0.3 is 24.5 Å². The first kappa shape index (κ1) is 36.4. The number of ether oxygens (including phenoxy) is 1. The van der Waals surface area contributed by atoms with Crippen LogP contribution >= 0.6 is 10.3 Å². The maximum Gasteiger partial charge on any atom is 0.255 e. The highest BCUT2D eigenvalue weighted by Crippen LogP contribution is 2.61. The molecule has 0 bridgehead atoms. The van der Waals surface area contributed by atoms with Crippen LogP contribution in [0.4, 0.5) is 5.69 Å². The van der Waals surface area contributed by atoms with Crippen LogP contribution in [0.15, 0.2) is 66.7 Å². The van der Waals surface area contributed by atoms with Crippen LogP contribution in [0.3, 0.4) is 0 Å². The summed E-state index contributed by atoms with van der Waals surface area (Å²) in [6.07, 6.45) is 0.609. The van der Waals surface area contributed by atoms with Gasteiger partial charge >= 0.3 is 0 Å². The Bertz CT molecular complexity index is 1600. The maximum atomic E-state index is 13.0. The summed E-state index contributed by atoms with van der Waals surface area (Å²) < 4.78 is 13.0. The molecule has 0 aromatic heterocycles. The van der Waals surface area contributed by atoms with Crippen LogP contribution in [-0.4, -0.2) is 57.5 Å².